The molecule has 0 radical (unpaired) electrons. The predicted octanol–water partition coefficient (Wildman–Crippen LogP) is 2.32. The molecule has 6 heteroatoms. The van der Waals surface area contributed by atoms with Crippen LogP contribution in [0.5, 0.6) is 0 Å². The van der Waals surface area contributed by atoms with Crippen LogP contribution in [0, 0.1) is 0 Å². The molecule has 0 heterocycles. The molecule has 0 saturated heterocycles. The highest BCUT2D eigenvalue weighted by atomic mass is 32.2. The Kier molecular flexibility index (Phi) is 7.68. The Labute approximate surface area is 129 Å². The van der Waals surface area contributed by atoms with Gasteiger partial charge in [-0.05, 0) is 36.5 Å². The smallest absolute Gasteiger partial charge is 0.335 e. The monoisotopic (exact) mass is 310 g/mol. The number of aromatic carboxylic acids is 1. The molecule has 116 valence electrons. The van der Waals surface area contributed by atoms with Crippen molar-refractivity contribution in [2.75, 3.05) is 32.1 Å². The van der Waals surface area contributed by atoms with Crippen molar-refractivity contribution in [3.8, 4) is 0 Å². The molecule has 5 nitrogen and oxygen atoms in total. The first-order valence-electron chi connectivity index (χ1n) is 6.85. The first-order chi connectivity index (χ1) is 10.1. The van der Waals surface area contributed by atoms with Crippen molar-refractivity contribution in [2.45, 2.75) is 12.8 Å². The second-order valence-electron chi connectivity index (χ2n) is 4.71. The van der Waals surface area contributed by atoms with Gasteiger partial charge in [0.2, 0.25) is 0 Å². The van der Waals surface area contributed by atoms with E-state index in [1.165, 1.54) is 0 Å². The summed E-state index contributed by atoms with van der Waals surface area (Å²) in [5.41, 5.74) is 1.04. The van der Waals surface area contributed by atoms with E-state index in [0.717, 1.165) is 17.7 Å². The number of hydrogen-bond acceptors (Lipinski definition) is 3. The van der Waals surface area contributed by atoms with Gasteiger partial charge >= 0.3 is 12.0 Å². The number of carboxylic acid groups (broad SMARTS) is 1. The zero-order valence-corrected chi connectivity index (χ0v) is 13.3. The van der Waals surface area contributed by atoms with Gasteiger partial charge in [-0.1, -0.05) is 18.2 Å². The summed E-state index contributed by atoms with van der Waals surface area (Å²) in [5, 5.41) is 12.0. The third kappa shape index (κ3) is 6.08. The maximum Gasteiger partial charge on any atom is 0.335 e. The topological polar surface area (TPSA) is 69.6 Å². The van der Waals surface area contributed by atoms with Crippen molar-refractivity contribution in [3.05, 3.63) is 35.4 Å². The van der Waals surface area contributed by atoms with Gasteiger partial charge in [-0.3, -0.25) is 0 Å². The number of carboxylic acids is 1. The van der Waals surface area contributed by atoms with Crippen molar-refractivity contribution in [1.82, 2.24) is 10.2 Å². The molecule has 0 aromatic heterocycles. The molecule has 0 bridgehead atoms. The van der Waals surface area contributed by atoms with Crippen molar-refractivity contribution < 1.29 is 14.7 Å². The van der Waals surface area contributed by atoms with E-state index in [1.807, 2.05) is 12.3 Å². The first-order valence-corrected chi connectivity index (χ1v) is 8.24. The van der Waals surface area contributed by atoms with E-state index >= 15 is 0 Å². The molecule has 2 amide bonds. The highest BCUT2D eigenvalue weighted by molar-refractivity contribution is 7.98. The molecule has 1 aromatic carbocycles. The van der Waals surface area contributed by atoms with Gasteiger partial charge in [0, 0.05) is 20.1 Å². The van der Waals surface area contributed by atoms with E-state index in [0.29, 0.717) is 25.1 Å². The summed E-state index contributed by atoms with van der Waals surface area (Å²) in [6.07, 6.45) is 3.51. The molecule has 1 aromatic rings. The van der Waals surface area contributed by atoms with Crippen molar-refractivity contribution in [2.24, 2.45) is 0 Å². The van der Waals surface area contributed by atoms with E-state index < -0.39 is 5.97 Å². The van der Waals surface area contributed by atoms with Crippen molar-refractivity contribution >= 4 is 23.8 Å². The molecule has 0 aliphatic rings. The quantitative estimate of drug-likeness (QED) is 0.723. The average molecular weight is 310 g/mol. The number of carbonyl (C=O) groups is 2. The van der Waals surface area contributed by atoms with Crippen LogP contribution in [0.25, 0.3) is 0 Å². The van der Waals surface area contributed by atoms with Gasteiger partial charge in [0.05, 0.1) is 5.56 Å². The lowest BCUT2D eigenvalue weighted by atomic mass is 10.0. The molecular formula is C15H22N2O3S. The number of likely N-dealkylation sites (N-methyl/N-ethyl adjacent to an activating group) is 1. The number of hydrogen-bond donors (Lipinski definition) is 2. The number of nitrogens with one attached hydrogen (secondary N) is 1. The third-order valence-corrected chi connectivity index (χ3v) is 3.81. The molecule has 0 aliphatic heterocycles. The van der Waals surface area contributed by atoms with Crippen molar-refractivity contribution in [3.63, 3.8) is 0 Å². The molecule has 0 atom stereocenters. The summed E-state index contributed by atoms with van der Waals surface area (Å²) >= 11 is 1.75. The number of carbonyl (C=O) groups excluding carboxylic acids is 1. The van der Waals surface area contributed by atoms with Crippen LogP contribution in [0.15, 0.2) is 24.3 Å². The van der Waals surface area contributed by atoms with Gasteiger partial charge in [0.25, 0.3) is 0 Å². The molecule has 0 spiro atoms. The molecule has 0 fully saturated rings. The van der Waals surface area contributed by atoms with Crippen molar-refractivity contribution in [1.29, 1.82) is 0 Å². The normalized spacial score (nSPS) is 10.2. The maximum atomic E-state index is 11.8. The van der Waals surface area contributed by atoms with Gasteiger partial charge in [0.15, 0.2) is 0 Å². The van der Waals surface area contributed by atoms with Crippen LogP contribution in [0.1, 0.15) is 22.3 Å². The predicted molar refractivity (Wildman–Crippen MR) is 86.1 cm³/mol. The van der Waals surface area contributed by atoms with E-state index in [1.54, 1.807) is 41.9 Å². The second-order valence-corrected chi connectivity index (χ2v) is 5.70. The Morgan fingerprint density at radius 2 is 2.05 bits per heavy atom. The molecule has 0 aliphatic carbocycles. The number of thioether (sulfide) groups is 1. The van der Waals surface area contributed by atoms with E-state index in [-0.39, 0.29) is 6.03 Å². The summed E-state index contributed by atoms with van der Waals surface area (Å²) in [7, 11) is 1.72. The first kappa shape index (κ1) is 17.4. The lowest BCUT2D eigenvalue weighted by Gasteiger charge is -2.18. The number of rotatable bonds is 8. The van der Waals surface area contributed by atoms with Crippen LogP contribution in [0.4, 0.5) is 4.79 Å². The van der Waals surface area contributed by atoms with Gasteiger partial charge in [-0.2, -0.15) is 11.8 Å². The van der Waals surface area contributed by atoms with Gasteiger partial charge < -0.3 is 15.3 Å². The molecule has 21 heavy (non-hydrogen) atoms. The van der Waals surface area contributed by atoms with Gasteiger partial charge in [0.1, 0.15) is 0 Å². The van der Waals surface area contributed by atoms with Gasteiger partial charge in [-0.25, -0.2) is 9.59 Å². The molecule has 1 rings (SSSR count). The highest BCUT2D eigenvalue weighted by Gasteiger charge is 2.12. The van der Waals surface area contributed by atoms with Crippen LogP contribution < -0.4 is 5.32 Å². The van der Waals surface area contributed by atoms with Crippen LogP contribution in [0.2, 0.25) is 0 Å². The average Bonchev–Trinajstić information content (AvgIpc) is 2.49. The van der Waals surface area contributed by atoms with E-state index in [4.69, 9.17) is 5.11 Å². The molecule has 0 saturated carbocycles. The summed E-state index contributed by atoms with van der Waals surface area (Å²) < 4.78 is 0. The Balaban J connectivity index is 2.44. The largest absolute Gasteiger partial charge is 0.478 e. The zero-order valence-electron chi connectivity index (χ0n) is 12.5. The van der Waals surface area contributed by atoms with Gasteiger partial charge in [-0.15, -0.1) is 0 Å². The fourth-order valence-corrected chi connectivity index (χ4v) is 2.32. The van der Waals surface area contributed by atoms with E-state index in [2.05, 4.69) is 5.32 Å². The Morgan fingerprint density at radius 1 is 1.33 bits per heavy atom. The molecule has 0 unspecified atom stereocenters. The second kappa shape index (κ2) is 9.28. The summed E-state index contributed by atoms with van der Waals surface area (Å²) in [4.78, 5) is 24.5. The Bertz CT molecular complexity index is 480. The number of amides is 2. The van der Waals surface area contributed by atoms with Crippen LogP contribution in [0.3, 0.4) is 0 Å². The minimum absolute atomic E-state index is 0.121. The maximum absolute atomic E-state index is 11.8. The summed E-state index contributed by atoms with van der Waals surface area (Å²) in [6, 6.07) is 6.76. The Hall–Kier alpha value is -1.69. The number of urea groups is 1. The Morgan fingerprint density at radius 3 is 2.71 bits per heavy atom. The summed E-state index contributed by atoms with van der Waals surface area (Å²) in [5.74, 6) is 0.0884. The molecule has 2 N–H and O–H groups in total. The summed E-state index contributed by atoms with van der Waals surface area (Å²) in [6.45, 7) is 1.15. The fourth-order valence-electron chi connectivity index (χ4n) is 1.88. The highest BCUT2D eigenvalue weighted by Crippen LogP contribution is 2.10. The van der Waals surface area contributed by atoms with Crippen LogP contribution in [-0.4, -0.2) is 54.2 Å². The minimum Gasteiger partial charge on any atom is -0.478 e. The zero-order chi connectivity index (χ0) is 15.7. The van der Waals surface area contributed by atoms with E-state index in [9.17, 15) is 9.59 Å². The number of benzene rings is 1. The number of nitrogens with zero attached hydrogens (tertiary/aromatic N) is 1. The lowest BCUT2D eigenvalue weighted by Crippen LogP contribution is -2.39. The molecular weight excluding hydrogens is 288 g/mol. The lowest BCUT2D eigenvalue weighted by molar-refractivity contribution is 0.0695. The SMILES string of the molecule is CSCCCNC(=O)N(C)CCc1ccccc1C(=O)O. The standard InChI is InChI=1S/C15H22N2O3S/c1-17(15(20)16-9-5-11-21-2)10-8-12-6-3-4-7-13(12)14(18)19/h3-4,6-7H,5,8-11H2,1-2H3,(H,16,20)(H,18,19). The minimum atomic E-state index is -0.935. The van der Waals surface area contributed by atoms with Crippen LogP contribution in [-0.2, 0) is 6.42 Å². The third-order valence-electron chi connectivity index (χ3n) is 3.11. The fraction of sp³-hybridized carbons (Fsp3) is 0.467. The van der Waals surface area contributed by atoms with Crippen LogP contribution >= 0.6 is 11.8 Å².